The summed E-state index contributed by atoms with van der Waals surface area (Å²) in [7, 11) is 0. The first-order chi connectivity index (χ1) is 13.0. The van der Waals surface area contributed by atoms with Crippen LogP contribution in [0.25, 0.3) is 0 Å². The second kappa shape index (κ2) is 9.85. The predicted octanol–water partition coefficient (Wildman–Crippen LogP) is 4.43. The molecule has 0 bridgehead atoms. The molecule has 0 aromatic heterocycles. The summed E-state index contributed by atoms with van der Waals surface area (Å²) in [4.78, 5) is 12.3. The lowest BCUT2D eigenvalue weighted by Gasteiger charge is -2.12. The number of amides is 1. The lowest BCUT2D eigenvalue weighted by atomic mass is 10.2. The quantitative estimate of drug-likeness (QED) is 0.384. The summed E-state index contributed by atoms with van der Waals surface area (Å²) in [5, 5.41) is 13.6. The van der Waals surface area contributed by atoms with E-state index >= 15 is 0 Å². The third kappa shape index (κ3) is 5.64. The van der Waals surface area contributed by atoms with Gasteiger partial charge in [0.15, 0.2) is 17.2 Å². The Kier molecular flexibility index (Phi) is 7.52. The Hall–Kier alpha value is -2.70. The van der Waals surface area contributed by atoms with Crippen molar-refractivity contribution in [1.82, 2.24) is 5.43 Å². The van der Waals surface area contributed by atoms with E-state index in [0.717, 1.165) is 0 Å². The number of phenols is 1. The summed E-state index contributed by atoms with van der Waals surface area (Å²) in [6, 6.07) is 7.75. The molecule has 2 aromatic carbocycles. The molecule has 6 nitrogen and oxygen atoms in total. The molecular formula is C19H18Cl2N2O4. The minimum Gasteiger partial charge on any atom is -0.505 e. The standard InChI is InChI=1S/C19H18Cl2N2O4/c1-3-7-27-16-6-5-13(10-17(16)26-4-2)19(25)23-22-11-12-8-14(20)18(24)15(21)9-12/h3,5-6,8-11,24H,1,4,7H2,2H3,(H,23,25)/b22-11+. The van der Waals surface area contributed by atoms with Crippen LogP contribution in [-0.2, 0) is 0 Å². The molecular weight excluding hydrogens is 391 g/mol. The lowest BCUT2D eigenvalue weighted by Crippen LogP contribution is -2.17. The number of benzene rings is 2. The molecule has 142 valence electrons. The lowest BCUT2D eigenvalue weighted by molar-refractivity contribution is 0.0954. The summed E-state index contributed by atoms with van der Waals surface area (Å²) in [6.07, 6.45) is 2.98. The first-order valence-electron chi connectivity index (χ1n) is 7.98. The summed E-state index contributed by atoms with van der Waals surface area (Å²) >= 11 is 11.7. The van der Waals surface area contributed by atoms with Crippen molar-refractivity contribution in [2.24, 2.45) is 5.10 Å². The highest BCUT2D eigenvalue weighted by molar-refractivity contribution is 6.37. The van der Waals surface area contributed by atoms with E-state index in [4.69, 9.17) is 32.7 Å². The molecule has 0 unspecified atom stereocenters. The monoisotopic (exact) mass is 408 g/mol. The van der Waals surface area contributed by atoms with Gasteiger partial charge in [0.2, 0.25) is 0 Å². The first-order valence-corrected chi connectivity index (χ1v) is 8.73. The molecule has 2 rings (SSSR count). The Morgan fingerprint density at radius 3 is 2.56 bits per heavy atom. The molecule has 0 aliphatic rings. The number of hydrogen-bond acceptors (Lipinski definition) is 5. The second-order valence-corrected chi connectivity index (χ2v) is 6.04. The molecule has 8 heteroatoms. The van der Waals surface area contributed by atoms with Crippen molar-refractivity contribution in [2.75, 3.05) is 13.2 Å². The number of halogens is 2. The van der Waals surface area contributed by atoms with Gasteiger partial charge in [0.25, 0.3) is 5.91 Å². The van der Waals surface area contributed by atoms with E-state index in [-0.39, 0.29) is 15.8 Å². The fourth-order valence-corrected chi connectivity index (χ4v) is 2.58. The SMILES string of the molecule is C=CCOc1ccc(C(=O)N/N=C/c2cc(Cl)c(O)c(Cl)c2)cc1OCC. The third-order valence-corrected chi connectivity index (χ3v) is 3.86. The molecule has 0 radical (unpaired) electrons. The fourth-order valence-electron chi connectivity index (χ4n) is 2.08. The molecule has 1 amide bonds. The number of hydrazone groups is 1. The van der Waals surface area contributed by atoms with Crippen molar-refractivity contribution in [3.05, 3.63) is 64.2 Å². The second-order valence-electron chi connectivity index (χ2n) is 5.23. The Morgan fingerprint density at radius 2 is 1.93 bits per heavy atom. The van der Waals surface area contributed by atoms with Crippen LogP contribution in [0.3, 0.4) is 0 Å². The average Bonchev–Trinajstić information content (AvgIpc) is 2.65. The number of carbonyl (C=O) groups is 1. The van der Waals surface area contributed by atoms with Crippen molar-refractivity contribution in [3.8, 4) is 17.2 Å². The van der Waals surface area contributed by atoms with Gasteiger partial charge in [0.05, 0.1) is 22.9 Å². The third-order valence-electron chi connectivity index (χ3n) is 3.28. The number of ether oxygens (including phenoxy) is 2. The van der Waals surface area contributed by atoms with Gasteiger partial charge in [0, 0.05) is 5.56 Å². The number of phenolic OH excluding ortho intramolecular Hbond substituents is 1. The number of carbonyl (C=O) groups excluding carboxylic acids is 1. The summed E-state index contributed by atoms with van der Waals surface area (Å²) in [5.74, 6) is 0.332. The maximum absolute atomic E-state index is 12.3. The Bertz CT molecular complexity index is 846. The Balaban J connectivity index is 2.11. The average molecular weight is 409 g/mol. The van der Waals surface area contributed by atoms with Crippen molar-refractivity contribution in [1.29, 1.82) is 0 Å². The molecule has 0 aliphatic heterocycles. The van der Waals surface area contributed by atoms with E-state index in [1.807, 2.05) is 6.92 Å². The molecule has 2 aromatic rings. The van der Waals surface area contributed by atoms with E-state index < -0.39 is 5.91 Å². The van der Waals surface area contributed by atoms with E-state index in [1.54, 1.807) is 24.3 Å². The predicted molar refractivity (Wildman–Crippen MR) is 106 cm³/mol. The van der Waals surface area contributed by atoms with Crippen molar-refractivity contribution in [3.63, 3.8) is 0 Å². The maximum atomic E-state index is 12.3. The van der Waals surface area contributed by atoms with Gasteiger partial charge in [-0.1, -0.05) is 35.9 Å². The van der Waals surface area contributed by atoms with Gasteiger partial charge in [-0.05, 0) is 42.8 Å². The van der Waals surface area contributed by atoms with Crippen LogP contribution >= 0.6 is 23.2 Å². The molecule has 0 fully saturated rings. The Morgan fingerprint density at radius 1 is 1.22 bits per heavy atom. The molecule has 0 saturated heterocycles. The molecule has 0 saturated carbocycles. The van der Waals surface area contributed by atoms with Crippen LogP contribution < -0.4 is 14.9 Å². The first kappa shape index (κ1) is 20.6. The zero-order valence-corrected chi connectivity index (χ0v) is 16.0. The van der Waals surface area contributed by atoms with Crippen LogP contribution in [0.5, 0.6) is 17.2 Å². The van der Waals surface area contributed by atoms with Crippen molar-refractivity contribution < 1.29 is 19.4 Å². The van der Waals surface area contributed by atoms with E-state index in [1.165, 1.54) is 18.3 Å². The minimum absolute atomic E-state index is 0.0896. The highest BCUT2D eigenvalue weighted by Gasteiger charge is 2.11. The highest BCUT2D eigenvalue weighted by Crippen LogP contribution is 2.32. The van der Waals surface area contributed by atoms with Crippen molar-refractivity contribution >= 4 is 35.3 Å². The number of aromatic hydroxyl groups is 1. The van der Waals surface area contributed by atoms with E-state index in [9.17, 15) is 9.90 Å². The number of hydrogen-bond donors (Lipinski definition) is 2. The normalized spacial score (nSPS) is 10.6. The highest BCUT2D eigenvalue weighted by atomic mass is 35.5. The van der Waals surface area contributed by atoms with E-state index in [2.05, 4.69) is 17.1 Å². The van der Waals surface area contributed by atoms with E-state index in [0.29, 0.717) is 35.8 Å². The van der Waals surface area contributed by atoms with Gasteiger partial charge in [-0.3, -0.25) is 4.79 Å². The van der Waals surface area contributed by atoms with Crippen LogP contribution in [-0.4, -0.2) is 30.4 Å². The Labute approximate surface area is 167 Å². The molecule has 27 heavy (non-hydrogen) atoms. The van der Waals surface area contributed by atoms with Crippen molar-refractivity contribution in [2.45, 2.75) is 6.92 Å². The zero-order chi connectivity index (χ0) is 19.8. The molecule has 0 heterocycles. The van der Waals surface area contributed by atoms with Crippen LogP contribution in [0, 0.1) is 0 Å². The molecule has 2 N–H and O–H groups in total. The van der Waals surface area contributed by atoms with Gasteiger partial charge in [-0.2, -0.15) is 5.10 Å². The van der Waals surface area contributed by atoms with Gasteiger partial charge in [0.1, 0.15) is 6.61 Å². The van der Waals surface area contributed by atoms with Gasteiger partial charge in [-0.15, -0.1) is 0 Å². The number of nitrogens with one attached hydrogen (secondary N) is 1. The van der Waals surface area contributed by atoms with Crippen LogP contribution in [0.15, 0.2) is 48.1 Å². The smallest absolute Gasteiger partial charge is 0.271 e. The topological polar surface area (TPSA) is 80.2 Å². The fraction of sp³-hybridized carbons (Fsp3) is 0.158. The number of rotatable bonds is 8. The van der Waals surface area contributed by atoms with Crippen LogP contribution in [0.1, 0.15) is 22.8 Å². The van der Waals surface area contributed by atoms with Crippen LogP contribution in [0.4, 0.5) is 0 Å². The number of nitrogens with zero attached hydrogens (tertiary/aromatic N) is 1. The molecule has 0 atom stereocenters. The largest absolute Gasteiger partial charge is 0.505 e. The molecule has 0 aliphatic carbocycles. The molecule has 0 spiro atoms. The van der Waals surface area contributed by atoms with Gasteiger partial charge < -0.3 is 14.6 Å². The summed E-state index contributed by atoms with van der Waals surface area (Å²) in [6.45, 7) is 6.18. The van der Waals surface area contributed by atoms with Gasteiger partial charge >= 0.3 is 0 Å². The summed E-state index contributed by atoms with van der Waals surface area (Å²) in [5.41, 5.74) is 3.27. The maximum Gasteiger partial charge on any atom is 0.271 e. The van der Waals surface area contributed by atoms with Gasteiger partial charge in [-0.25, -0.2) is 5.43 Å². The summed E-state index contributed by atoms with van der Waals surface area (Å²) < 4.78 is 11.0. The van der Waals surface area contributed by atoms with Crippen LogP contribution in [0.2, 0.25) is 10.0 Å². The zero-order valence-electron chi connectivity index (χ0n) is 14.5. The minimum atomic E-state index is -0.432.